The number of nitriles is 1. The molecule has 1 fully saturated rings. The molecule has 0 amide bonds. The van der Waals surface area contributed by atoms with Gasteiger partial charge in [0.25, 0.3) is 0 Å². The van der Waals surface area contributed by atoms with Crippen molar-refractivity contribution in [1.29, 1.82) is 5.26 Å². The summed E-state index contributed by atoms with van der Waals surface area (Å²) in [7, 11) is -3.44. The van der Waals surface area contributed by atoms with Gasteiger partial charge in [-0.1, -0.05) is 19.1 Å². The SMILES string of the molecule is CCS(=O)(=O)[C@@H]1[C@@H](c2ccc(F)cc2)[C@]1(C#N)CO. The lowest BCUT2D eigenvalue weighted by Gasteiger charge is -2.03. The topological polar surface area (TPSA) is 78.2 Å². The molecule has 2 rings (SSSR count). The Bertz CT molecular complexity index is 620. The van der Waals surface area contributed by atoms with Crippen LogP contribution in [0, 0.1) is 22.6 Å². The number of benzene rings is 1. The largest absolute Gasteiger partial charge is 0.395 e. The van der Waals surface area contributed by atoms with Crippen molar-refractivity contribution in [2.75, 3.05) is 12.4 Å². The molecule has 1 aliphatic rings. The first-order valence-corrected chi connectivity index (χ1v) is 7.63. The molecule has 1 saturated carbocycles. The number of halogens is 1. The zero-order chi connectivity index (χ0) is 14.3. The van der Waals surface area contributed by atoms with Crippen molar-refractivity contribution in [3.8, 4) is 6.07 Å². The summed E-state index contributed by atoms with van der Waals surface area (Å²) in [6, 6.07) is 7.31. The molecule has 4 nitrogen and oxygen atoms in total. The van der Waals surface area contributed by atoms with Crippen molar-refractivity contribution in [3.05, 3.63) is 35.6 Å². The Morgan fingerprint density at radius 2 is 2.00 bits per heavy atom. The Labute approximate surface area is 111 Å². The molecule has 1 aromatic carbocycles. The standard InChI is InChI=1S/C13H14FNO3S/c1-2-19(17,18)12-11(13(12,7-15)8-16)9-3-5-10(14)6-4-9/h3-6,11-12,16H,2,8H2,1H3/t11-,12-,13+/m1/s1. The van der Waals surface area contributed by atoms with E-state index in [1.54, 1.807) is 0 Å². The van der Waals surface area contributed by atoms with Gasteiger partial charge in [-0.3, -0.25) is 0 Å². The second-order valence-corrected chi connectivity index (χ2v) is 7.12. The average Bonchev–Trinajstić information content (AvgIpc) is 3.10. The lowest BCUT2D eigenvalue weighted by atomic mass is 10.0. The normalized spacial score (nSPS) is 29.8. The van der Waals surface area contributed by atoms with Gasteiger partial charge in [-0.25, -0.2) is 12.8 Å². The van der Waals surface area contributed by atoms with Gasteiger partial charge >= 0.3 is 0 Å². The molecule has 1 aliphatic carbocycles. The molecule has 0 unspecified atom stereocenters. The summed E-state index contributed by atoms with van der Waals surface area (Å²) in [6.07, 6.45) is 0. The second-order valence-electron chi connectivity index (χ2n) is 4.71. The summed E-state index contributed by atoms with van der Waals surface area (Å²) in [5.41, 5.74) is -0.730. The van der Waals surface area contributed by atoms with Crippen LogP contribution in [-0.4, -0.2) is 31.1 Å². The van der Waals surface area contributed by atoms with E-state index in [1.807, 2.05) is 6.07 Å². The van der Waals surface area contributed by atoms with E-state index in [1.165, 1.54) is 31.2 Å². The summed E-state index contributed by atoms with van der Waals surface area (Å²) in [5, 5.41) is 17.7. The molecule has 0 heterocycles. The molecular weight excluding hydrogens is 269 g/mol. The van der Waals surface area contributed by atoms with Crippen LogP contribution in [0.2, 0.25) is 0 Å². The molecule has 102 valence electrons. The first-order chi connectivity index (χ1) is 8.93. The van der Waals surface area contributed by atoms with Crippen LogP contribution in [0.25, 0.3) is 0 Å². The van der Waals surface area contributed by atoms with Crippen LogP contribution >= 0.6 is 0 Å². The molecule has 6 heteroatoms. The van der Waals surface area contributed by atoms with E-state index in [4.69, 9.17) is 0 Å². The van der Waals surface area contributed by atoms with Gasteiger partial charge < -0.3 is 5.11 Å². The Balaban J connectivity index is 2.46. The van der Waals surface area contributed by atoms with Gasteiger partial charge in [-0.15, -0.1) is 0 Å². The molecule has 0 saturated heterocycles. The molecule has 0 spiro atoms. The summed E-state index contributed by atoms with van der Waals surface area (Å²) in [4.78, 5) is 0. The van der Waals surface area contributed by atoms with E-state index < -0.39 is 38.8 Å². The van der Waals surface area contributed by atoms with Crippen LogP contribution in [0.3, 0.4) is 0 Å². The fourth-order valence-electron chi connectivity index (χ4n) is 2.61. The van der Waals surface area contributed by atoms with Gasteiger partial charge in [0.2, 0.25) is 0 Å². The maximum atomic E-state index is 12.9. The van der Waals surface area contributed by atoms with Crippen LogP contribution in [0.15, 0.2) is 24.3 Å². The highest BCUT2D eigenvalue weighted by molar-refractivity contribution is 7.92. The Morgan fingerprint density at radius 3 is 2.42 bits per heavy atom. The number of rotatable bonds is 4. The molecule has 3 atom stereocenters. The maximum absolute atomic E-state index is 12.9. The van der Waals surface area contributed by atoms with Gasteiger partial charge in [0, 0.05) is 11.7 Å². The molecule has 0 bridgehead atoms. The molecule has 0 aliphatic heterocycles. The fraction of sp³-hybridized carbons (Fsp3) is 0.462. The summed E-state index contributed by atoms with van der Waals surface area (Å²) < 4.78 is 36.9. The van der Waals surface area contributed by atoms with Crippen molar-refractivity contribution in [2.24, 2.45) is 5.41 Å². The van der Waals surface area contributed by atoms with Gasteiger partial charge in [0.15, 0.2) is 9.84 Å². The van der Waals surface area contributed by atoms with E-state index in [0.29, 0.717) is 5.56 Å². The third-order valence-corrected chi connectivity index (χ3v) is 6.02. The van der Waals surface area contributed by atoms with Gasteiger partial charge in [0.1, 0.15) is 11.2 Å². The number of aliphatic hydroxyl groups excluding tert-OH is 1. The number of aliphatic hydroxyl groups is 1. The molecule has 1 aromatic rings. The summed E-state index contributed by atoms with van der Waals surface area (Å²) in [5.74, 6) is -1.10. The number of sulfone groups is 1. The molecule has 19 heavy (non-hydrogen) atoms. The summed E-state index contributed by atoms with van der Waals surface area (Å²) in [6.45, 7) is 0.990. The predicted molar refractivity (Wildman–Crippen MR) is 67.5 cm³/mol. The lowest BCUT2D eigenvalue weighted by molar-refractivity contribution is 0.242. The van der Waals surface area contributed by atoms with Gasteiger partial charge in [-0.05, 0) is 17.7 Å². The highest BCUT2D eigenvalue weighted by Gasteiger charge is 2.71. The highest BCUT2D eigenvalue weighted by Crippen LogP contribution is 2.62. The predicted octanol–water partition coefficient (Wildman–Crippen LogP) is 1.23. The second kappa shape index (κ2) is 4.58. The average molecular weight is 283 g/mol. The molecule has 0 aromatic heterocycles. The van der Waals surface area contributed by atoms with E-state index in [-0.39, 0.29) is 5.75 Å². The van der Waals surface area contributed by atoms with E-state index in [9.17, 15) is 23.2 Å². The first kappa shape index (κ1) is 14.0. The zero-order valence-corrected chi connectivity index (χ0v) is 11.2. The van der Waals surface area contributed by atoms with Crippen molar-refractivity contribution in [2.45, 2.75) is 18.1 Å². The third-order valence-electron chi connectivity index (χ3n) is 3.74. The van der Waals surface area contributed by atoms with E-state index in [2.05, 4.69) is 0 Å². The quantitative estimate of drug-likeness (QED) is 0.901. The minimum Gasteiger partial charge on any atom is -0.395 e. The minimum absolute atomic E-state index is 0.0845. The van der Waals surface area contributed by atoms with Gasteiger partial charge in [0.05, 0.1) is 17.9 Å². The maximum Gasteiger partial charge on any atom is 0.155 e. The van der Waals surface area contributed by atoms with Crippen LogP contribution in [0.1, 0.15) is 18.4 Å². The summed E-state index contributed by atoms with van der Waals surface area (Å²) >= 11 is 0. The van der Waals surface area contributed by atoms with Crippen molar-refractivity contribution < 1.29 is 17.9 Å². The first-order valence-electron chi connectivity index (χ1n) is 5.92. The Morgan fingerprint density at radius 1 is 1.42 bits per heavy atom. The van der Waals surface area contributed by atoms with E-state index in [0.717, 1.165) is 0 Å². The highest BCUT2D eigenvalue weighted by atomic mass is 32.2. The van der Waals surface area contributed by atoms with Gasteiger partial charge in [-0.2, -0.15) is 5.26 Å². The smallest absolute Gasteiger partial charge is 0.155 e. The lowest BCUT2D eigenvalue weighted by Crippen LogP contribution is -2.19. The molecule has 0 radical (unpaired) electrons. The number of hydrogen-bond acceptors (Lipinski definition) is 4. The van der Waals surface area contributed by atoms with Crippen LogP contribution in [-0.2, 0) is 9.84 Å². The number of hydrogen-bond donors (Lipinski definition) is 1. The van der Waals surface area contributed by atoms with Crippen LogP contribution in [0.5, 0.6) is 0 Å². The van der Waals surface area contributed by atoms with Crippen LogP contribution < -0.4 is 0 Å². The minimum atomic E-state index is -3.44. The van der Waals surface area contributed by atoms with Crippen molar-refractivity contribution in [3.63, 3.8) is 0 Å². The molecular formula is C13H14FNO3S. The van der Waals surface area contributed by atoms with Crippen molar-refractivity contribution >= 4 is 9.84 Å². The van der Waals surface area contributed by atoms with Crippen molar-refractivity contribution in [1.82, 2.24) is 0 Å². The number of nitrogens with zero attached hydrogens (tertiary/aromatic N) is 1. The van der Waals surface area contributed by atoms with Crippen LogP contribution in [0.4, 0.5) is 4.39 Å². The monoisotopic (exact) mass is 283 g/mol. The third kappa shape index (κ3) is 2.03. The Kier molecular flexibility index (Phi) is 3.37. The molecule has 1 N–H and O–H groups in total. The fourth-order valence-corrected chi connectivity index (χ4v) is 4.62. The zero-order valence-electron chi connectivity index (χ0n) is 10.4. The van der Waals surface area contributed by atoms with E-state index >= 15 is 0 Å². The Hall–Kier alpha value is -1.45.